The first-order chi connectivity index (χ1) is 8.60. The first kappa shape index (κ1) is 15.4. The molecule has 4 nitrogen and oxygen atoms in total. The molecule has 0 amide bonds. The second kappa shape index (κ2) is 7.74. The predicted molar refractivity (Wildman–Crippen MR) is 73.2 cm³/mol. The van der Waals surface area contributed by atoms with E-state index in [1.807, 2.05) is 13.8 Å². The minimum absolute atomic E-state index is 0.0599. The van der Waals surface area contributed by atoms with Gasteiger partial charge < -0.3 is 15.4 Å². The summed E-state index contributed by atoms with van der Waals surface area (Å²) in [6, 6.07) is 0.528. The average Bonchev–Trinajstić information content (AvgIpc) is 2.38. The van der Waals surface area contributed by atoms with Crippen molar-refractivity contribution in [2.45, 2.75) is 45.6 Å². The van der Waals surface area contributed by atoms with Crippen LogP contribution in [0.25, 0.3) is 0 Å². The van der Waals surface area contributed by atoms with Gasteiger partial charge in [-0.3, -0.25) is 4.79 Å². The lowest BCUT2D eigenvalue weighted by Gasteiger charge is -2.38. The summed E-state index contributed by atoms with van der Waals surface area (Å²) in [5.74, 6) is 0.429. The predicted octanol–water partition coefficient (Wildman–Crippen LogP) is 1.63. The van der Waals surface area contributed by atoms with Crippen LogP contribution < -0.4 is 5.73 Å². The van der Waals surface area contributed by atoms with E-state index in [-0.39, 0.29) is 11.9 Å². The standard InChI is InChI=1S/C14H28N2O2/c1-4-18-14(17)11(2)10-16(3)13-8-6-5-7-12(13)9-15/h11-13H,4-10,15H2,1-3H3. The molecule has 1 fully saturated rings. The molecular weight excluding hydrogens is 228 g/mol. The lowest BCUT2D eigenvalue weighted by atomic mass is 9.83. The fourth-order valence-electron chi connectivity index (χ4n) is 2.97. The molecule has 1 aliphatic rings. The SMILES string of the molecule is CCOC(=O)C(C)CN(C)C1CCCCC1CN. The summed E-state index contributed by atoms with van der Waals surface area (Å²) >= 11 is 0. The molecule has 0 bridgehead atoms. The highest BCUT2D eigenvalue weighted by Crippen LogP contribution is 2.27. The Morgan fingerprint density at radius 2 is 2.11 bits per heavy atom. The summed E-state index contributed by atoms with van der Waals surface area (Å²) in [5, 5.41) is 0. The second-order valence-corrected chi connectivity index (χ2v) is 5.44. The van der Waals surface area contributed by atoms with E-state index in [0.29, 0.717) is 18.6 Å². The van der Waals surface area contributed by atoms with Crippen LogP contribution in [0.2, 0.25) is 0 Å². The third-order valence-corrected chi connectivity index (χ3v) is 3.99. The highest BCUT2D eigenvalue weighted by molar-refractivity contribution is 5.72. The Labute approximate surface area is 111 Å². The van der Waals surface area contributed by atoms with Gasteiger partial charge in [0.2, 0.25) is 0 Å². The first-order valence-corrected chi connectivity index (χ1v) is 7.17. The van der Waals surface area contributed by atoms with Crippen molar-refractivity contribution in [1.82, 2.24) is 4.90 Å². The number of nitrogens with zero attached hydrogens (tertiary/aromatic N) is 1. The quantitative estimate of drug-likeness (QED) is 0.734. The maximum atomic E-state index is 11.6. The number of carbonyl (C=O) groups is 1. The fraction of sp³-hybridized carbons (Fsp3) is 0.929. The molecule has 0 aromatic heterocycles. The Hall–Kier alpha value is -0.610. The normalized spacial score (nSPS) is 26.1. The van der Waals surface area contributed by atoms with Gasteiger partial charge in [0.15, 0.2) is 0 Å². The first-order valence-electron chi connectivity index (χ1n) is 7.17. The van der Waals surface area contributed by atoms with E-state index >= 15 is 0 Å². The van der Waals surface area contributed by atoms with Crippen LogP contribution in [0.5, 0.6) is 0 Å². The zero-order chi connectivity index (χ0) is 13.5. The Morgan fingerprint density at radius 1 is 1.44 bits per heavy atom. The van der Waals surface area contributed by atoms with Gasteiger partial charge in [-0.2, -0.15) is 0 Å². The Balaban J connectivity index is 2.47. The Kier molecular flexibility index (Phi) is 6.65. The van der Waals surface area contributed by atoms with Crippen LogP contribution >= 0.6 is 0 Å². The van der Waals surface area contributed by atoms with Crippen LogP contribution in [-0.2, 0) is 9.53 Å². The summed E-state index contributed by atoms with van der Waals surface area (Å²) in [6.07, 6.45) is 4.99. The molecule has 0 aromatic rings. The minimum Gasteiger partial charge on any atom is -0.466 e. The third-order valence-electron chi connectivity index (χ3n) is 3.99. The zero-order valence-electron chi connectivity index (χ0n) is 12.0. The number of nitrogens with two attached hydrogens (primary N) is 1. The number of carbonyl (C=O) groups excluding carboxylic acids is 1. The molecule has 106 valence electrons. The summed E-state index contributed by atoms with van der Waals surface area (Å²) in [4.78, 5) is 13.9. The fourth-order valence-corrected chi connectivity index (χ4v) is 2.97. The molecule has 2 N–H and O–H groups in total. The van der Waals surface area contributed by atoms with E-state index in [1.165, 1.54) is 25.7 Å². The third kappa shape index (κ3) is 4.25. The molecule has 0 heterocycles. The van der Waals surface area contributed by atoms with Gasteiger partial charge in [0.05, 0.1) is 12.5 Å². The van der Waals surface area contributed by atoms with E-state index in [0.717, 1.165) is 13.1 Å². The van der Waals surface area contributed by atoms with Crippen LogP contribution in [0.1, 0.15) is 39.5 Å². The smallest absolute Gasteiger partial charge is 0.309 e. The van der Waals surface area contributed by atoms with Crippen molar-refractivity contribution in [2.24, 2.45) is 17.6 Å². The Morgan fingerprint density at radius 3 is 2.72 bits per heavy atom. The van der Waals surface area contributed by atoms with E-state index in [9.17, 15) is 4.79 Å². The molecule has 0 radical (unpaired) electrons. The molecule has 18 heavy (non-hydrogen) atoms. The van der Waals surface area contributed by atoms with Gasteiger partial charge in [-0.05, 0) is 39.3 Å². The van der Waals surface area contributed by atoms with Gasteiger partial charge in [0.1, 0.15) is 0 Å². The maximum Gasteiger partial charge on any atom is 0.309 e. The summed E-state index contributed by atoms with van der Waals surface area (Å²) in [7, 11) is 2.11. The summed E-state index contributed by atoms with van der Waals surface area (Å²) < 4.78 is 5.05. The van der Waals surface area contributed by atoms with Gasteiger partial charge in [0, 0.05) is 12.6 Å². The highest BCUT2D eigenvalue weighted by Gasteiger charge is 2.29. The largest absolute Gasteiger partial charge is 0.466 e. The molecular formula is C14H28N2O2. The van der Waals surface area contributed by atoms with E-state index in [2.05, 4.69) is 11.9 Å². The molecule has 0 aromatic carbocycles. The van der Waals surface area contributed by atoms with Crippen LogP contribution in [0, 0.1) is 11.8 Å². The molecule has 0 aliphatic heterocycles. The van der Waals surface area contributed by atoms with Crippen molar-refractivity contribution in [3.8, 4) is 0 Å². The number of hydrogen-bond donors (Lipinski definition) is 1. The van der Waals surface area contributed by atoms with Gasteiger partial charge in [-0.25, -0.2) is 0 Å². The van der Waals surface area contributed by atoms with Gasteiger partial charge >= 0.3 is 5.97 Å². The molecule has 1 rings (SSSR count). The number of hydrogen-bond acceptors (Lipinski definition) is 4. The lowest BCUT2D eigenvalue weighted by Crippen LogP contribution is -2.45. The number of esters is 1. The zero-order valence-corrected chi connectivity index (χ0v) is 12.0. The monoisotopic (exact) mass is 256 g/mol. The van der Waals surface area contributed by atoms with Crippen molar-refractivity contribution in [2.75, 3.05) is 26.7 Å². The number of rotatable bonds is 6. The number of ether oxygens (including phenoxy) is 1. The van der Waals surface area contributed by atoms with Crippen LogP contribution in [0.15, 0.2) is 0 Å². The summed E-state index contributed by atoms with van der Waals surface area (Å²) in [5.41, 5.74) is 5.85. The van der Waals surface area contributed by atoms with Crippen LogP contribution in [0.3, 0.4) is 0 Å². The van der Waals surface area contributed by atoms with E-state index in [1.54, 1.807) is 0 Å². The molecule has 3 unspecified atom stereocenters. The van der Waals surface area contributed by atoms with Crippen molar-refractivity contribution in [1.29, 1.82) is 0 Å². The van der Waals surface area contributed by atoms with Crippen molar-refractivity contribution < 1.29 is 9.53 Å². The molecule has 1 saturated carbocycles. The maximum absolute atomic E-state index is 11.6. The summed E-state index contributed by atoms with van der Waals surface area (Å²) in [6.45, 7) is 5.76. The average molecular weight is 256 g/mol. The molecule has 4 heteroatoms. The second-order valence-electron chi connectivity index (χ2n) is 5.44. The highest BCUT2D eigenvalue weighted by atomic mass is 16.5. The molecule has 1 aliphatic carbocycles. The topological polar surface area (TPSA) is 55.6 Å². The Bertz CT molecular complexity index is 258. The van der Waals surface area contributed by atoms with Crippen LogP contribution in [-0.4, -0.2) is 43.7 Å². The lowest BCUT2D eigenvalue weighted by molar-refractivity contribution is -0.148. The van der Waals surface area contributed by atoms with Crippen LogP contribution in [0.4, 0.5) is 0 Å². The molecule has 0 saturated heterocycles. The van der Waals surface area contributed by atoms with Gasteiger partial charge in [-0.15, -0.1) is 0 Å². The molecule has 0 spiro atoms. The molecule has 3 atom stereocenters. The van der Waals surface area contributed by atoms with Crippen molar-refractivity contribution >= 4 is 5.97 Å². The van der Waals surface area contributed by atoms with Crippen molar-refractivity contribution in [3.63, 3.8) is 0 Å². The van der Waals surface area contributed by atoms with E-state index in [4.69, 9.17) is 10.5 Å². The minimum atomic E-state index is -0.0931. The van der Waals surface area contributed by atoms with Gasteiger partial charge in [-0.1, -0.05) is 19.8 Å². The van der Waals surface area contributed by atoms with E-state index < -0.39 is 0 Å². The van der Waals surface area contributed by atoms with Gasteiger partial charge in [0.25, 0.3) is 0 Å². The van der Waals surface area contributed by atoms with Crippen molar-refractivity contribution in [3.05, 3.63) is 0 Å².